The Morgan fingerprint density at radius 2 is 1.70 bits per heavy atom. The number of piperazine rings is 1. The SMILES string of the molecule is CN=C(NCC(C)CN1CCN(C)CC1)NCC(C)(C)N1CCOCC1.I. The number of likely N-dealkylation sites (N-methyl/N-ethyl adjacent to an activating group) is 1. The third kappa shape index (κ3) is 8.81. The third-order valence-electron chi connectivity index (χ3n) is 5.56. The molecule has 2 N–H and O–H groups in total. The molecule has 0 bridgehead atoms. The van der Waals surface area contributed by atoms with Gasteiger partial charge in [-0.3, -0.25) is 9.89 Å². The van der Waals surface area contributed by atoms with Gasteiger partial charge in [0, 0.05) is 71.5 Å². The zero-order valence-electron chi connectivity index (χ0n) is 18.0. The van der Waals surface area contributed by atoms with E-state index < -0.39 is 0 Å². The van der Waals surface area contributed by atoms with Crippen molar-refractivity contribution in [3.05, 3.63) is 0 Å². The number of nitrogens with zero attached hydrogens (tertiary/aromatic N) is 4. The molecule has 2 fully saturated rings. The van der Waals surface area contributed by atoms with Gasteiger partial charge < -0.3 is 25.2 Å². The molecule has 0 radical (unpaired) electrons. The number of guanidine groups is 1. The van der Waals surface area contributed by atoms with Gasteiger partial charge in [-0.05, 0) is 26.8 Å². The summed E-state index contributed by atoms with van der Waals surface area (Å²) in [6.07, 6.45) is 0. The lowest BCUT2D eigenvalue weighted by molar-refractivity contribution is -0.00834. The van der Waals surface area contributed by atoms with Crippen LogP contribution in [0.2, 0.25) is 0 Å². The smallest absolute Gasteiger partial charge is 0.191 e. The summed E-state index contributed by atoms with van der Waals surface area (Å²) in [5.41, 5.74) is 0.0901. The van der Waals surface area contributed by atoms with Crippen LogP contribution in [0.4, 0.5) is 0 Å². The predicted molar refractivity (Wildman–Crippen MR) is 124 cm³/mol. The van der Waals surface area contributed by atoms with E-state index in [1.165, 1.54) is 26.2 Å². The maximum absolute atomic E-state index is 5.47. The predicted octanol–water partition coefficient (Wildman–Crippen LogP) is 0.764. The van der Waals surface area contributed by atoms with E-state index in [0.717, 1.165) is 51.9 Å². The molecule has 2 aliphatic rings. The molecule has 0 aromatic heterocycles. The Hall–Kier alpha value is -0.160. The molecule has 2 saturated heterocycles. The van der Waals surface area contributed by atoms with Crippen molar-refractivity contribution in [2.45, 2.75) is 26.3 Å². The van der Waals surface area contributed by atoms with Gasteiger partial charge in [-0.15, -0.1) is 24.0 Å². The Kier molecular flexibility index (Phi) is 11.4. The second kappa shape index (κ2) is 12.4. The molecule has 0 aliphatic carbocycles. The summed E-state index contributed by atoms with van der Waals surface area (Å²) in [7, 11) is 4.05. The second-order valence-electron chi connectivity index (χ2n) is 8.43. The summed E-state index contributed by atoms with van der Waals surface area (Å²) < 4.78 is 5.47. The zero-order valence-corrected chi connectivity index (χ0v) is 20.3. The molecule has 2 aliphatic heterocycles. The number of ether oxygens (including phenoxy) is 1. The molecule has 0 aromatic carbocycles. The van der Waals surface area contributed by atoms with Crippen LogP contribution >= 0.6 is 24.0 Å². The minimum absolute atomic E-state index is 0. The van der Waals surface area contributed by atoms with Gasteiger partial charge in [-0.1, -0.05) is 6.92 Å². The lowest BCUT2D eigenvalue weighted by Crippen LogP contribution is -2.56. The van der Waals surface area contributed by atoms with Crippen molar-refractivity contribution < 1.29 is 4.74 Å². The van der Waals surface area contributed by atoms with E-state index in [1.54, 1.807) is 0 Å². The van der Waals surface area contributed by atoms with E-state index in [0.29, 0.717) is 5.92 Å². The molecule has 1 atom stereocenters. The fraction of sp³-hybridized carbons (Fsp3) is 0.947. The van der Waals surface area contributed by atoms with E-state index in [9.17, 15) is 0 Å². The Bertz CT molecular complexity index is 434. The summed E-state index contributed by atoms with van der Waals surface area (Å²) in [4.78, 5) is 11.9. The van der Waals surface area contributed by atoms with Crippen molar-refractivity contribution in [3.8, 4) is 0 Å². The van der Waals surface area contributed by atoms with Crippen molar-refractivity contribution in [2.75, 3.05) is 86.2 Å². The van der Waals surface area contributed by atoms with Crippen LogP contribution in [0, 0.1) is 5.92 Å². The molecule has 2 rings (SSSR count). The highest BCUT2D eigenvalue weighted by molar-refractivity contribution is 14.0. The van der Waals surface area contributed by atoms with Crippen LogP contribution in [0.3, 0.4) is 0 Å². The third-order valence-corrected chi connectivity index (χ3v) is 5.56. The van der Waals surface area contributed by atoms with Crippen LogP contribution in [0.5, 0.6) is 0 Å². The fourth-order valence-corrected chi connectivity index (χ4v) is 3.61. The molecular weight excluding hydrogens is 455 g/mol. The van der Waals surface area contributed by atoms with Crippen LogP contribution in [-0.2, 0) is 4.74 Å². The van der Waals surface area contributed by atoms with Crippen LogP contribution < -0.4 is 10.6 Å². The van der Waals surface area contributed by atoms with Gasteiger partial charge in [0.15, 0.2) is 5.96 Å². The van der Waals surface area contributed by atoms with Crippen LogP contribution in [0.1, 0.15) is 20.8 Å². The molecular formula is C19H41IN6O. The average molecular weight is 496 g/mol. The number of halogens is 1. The summed E-state index contributed by atoms with van der Waals surface area (Å²) in [6.45, 7) is 18.3. The zero-order chi connectivity index (χ0) is 19.0. The average Bonchev–Trinajstić information content (AvgIpc) is 2.64. The summed E-state index contributed by atoms with van der Waals surface area (Å²) in [5, 5.41) is 7.01. The van der Waals surface area contributed by atoms with Gasteiger partial charge in [0.25, 0.3) is 0 Å². The minimum Gasteiger partial charge on any atom is -0.379 e. The van der Waals surface area contributed by atoms with E-state index in [-0.39, 0.29) is 29.5 Å². The molecule has 2 heterocycles. The normalized spacial score (nSPS) is 22.2. The van der Waals surface area contributed by atoms with Crippen molar-refractivity contribution in [2.24, 2.45) is 10.9 Å². The molecule has 27 heavy (non-hydrogen) atoms. The summed E-state index contributed by atoms with van der Waals surface area (Å²) in [6, 6.07) is 0. The highest BCUT2D eigenvalue weighted by atomic mass is 127. The molecule has 160 valence electrons. The highest BCUT2D eigenvalue weighted by Gasteiger charge is 2.28. The first-order valence-corrected chi connectivity index (χ1v) is 10.1. The topological polar surface area (TPSA) is 55.4 Å². The Morgan fingerprint density at radius 3 is 2.30 bits per heavy atom. The maximum Gasteiger partial charge on any atom is 0.191 e. The van der Waals surface area contributed by atoms with E-state index in [2.05, 4.69) is 58.1 Å². The van der Waals surface area contributed by atoms with Crippen molar-refractivity contribution in [1.82, 2.24) is 25.3 Å². The molecule has 8 heteroatoms. The van der Waals surface area contributed by atoms with Crippen molar-refractivity contribution in [3.63, 3.8) is 0 Å². The Labute approximate surface area is 183 Å². The second-order valence-corrected chi connectivity index (χ2v) is 8.43. The molecule has 7 nitrogen and oxygen atoms in total. The number of hydrogen-bond acceptors (Lipinski definition) is 5. The van der Waals surface area contributed by atoms with Gasteiger partial charge in [0.05, 0.1) is 13.2 Å². The molecule has 0 spiro atoms. The quantitative estimate of drug-likeness (QED) is 0.309. The van der Waals surface area contributed by atoms with Gasteiger partial charge in [0.1, 0.15) is 0 Å². The lowest BCUT2D eigenvalue weighted by Gasteiger charge is -2.41. The first-order chi connectivity index (χ1) is 12.4. The molecule has 0 saturated carbocycles. The standard InChI is InChI=1S/C19H40N6O.HI/c1-17(15-24-8-6-23(5)7-9-24)14-21-18(20-4)22-16-19(2,3)25-10-12-26-13-11-25;/h17H,6-16H2,1-5H3,(H2,20,21,22);1H. The Balaban J connectivity index is 0.00000364. The Morgan fingerprint density at radius 1 is 1.07 bits per heavy atom. The summed E-state index contributed by atoms with van der Waals surface area (Å²) in [5.74, 6) is 1.50. The minimum atomic E-state index is 0. The van der Waals surface area contributed by atoms with Gasteiger partial charge in [-0.2, -0.15) is 0 Å². The van der Waals surface area contributed by atoms with Crippen LogP contribution in [0.15, 0.2) is 4.99 Å². The van der Waals surface area contributed by atoms with Crippen LogP contribution in [0.25, 0.3) is 0 Å². The number of aliphatic imine (C=N–C) groups is 1. The number of hydrogen-bond donors (Lipinski definition) is 2. The first kappa shape index (κ1) is 24.9. The largest absolute Gasteiger partial charge is 0.379 e. The van der Waals surface area contributed by atoms with Gasteiger partial charge in [-0.25, -0.2) is 0 Å². The number of morpholine rings is 1. The number of nitrogens with one attached hydrogen (secondary N) is 2. The molecule has 0 amide bonds. The van der Waals surface area contributed by atoms with E-state index in [1.807, 2.05) is 7.05 Å². The summed E-state index contributed by atoms with van der Waals surface area (Å²) >= 11 is 0. The molecule has 1 unspecified atom stereocenters. The first-order valence-electron chi connectivity index (χ1n) is 10.1. The van der Waals surface area contributed by atoms with Gasteiger partial charge >= 0.3 is 0 Å². The fourth-order valence-electron chi connectivity index (χ4n) is 3.61. The van der Waals surface area contributed by atoms with E-state index >= 15 is 0 Å². The van der Waals surface area contributed by atoms with Crippen LogP contribution in [-0.4, -0.2) is 112 Å². The lowest BCUT2D eigenvalue weighted by atomic mass is 10.0. The monoisotopic (exact) mass is 496 g/mol. The maximum atomic E-state index is 5.47. The van der Waals surface area contributed by atoms with E-state index in [4.69, 9.17) is 4.74 Å². The van der Waals surface area contributed by atoms with Gasteiger partial charge in [0.2, 0.25) is 0 Å². The molecule has 0 aromatic rings. The highest BCUT2D eigenvalue weighted by Crippen LogP contribution is 2.15. The van der Waals surface area contributed by atoms with Crippen molar-refractivity contribution >= 4 is 29.9 Å². The number of rotatable bonds is 7. The van der Waals surface area contributed by atoms with Crippen molar-refractivity contribution in [1.29, 1.82) is 0 Å².